The zero-order chi connectivity index (χ0) is 22.3. The lowest BCUT2D eigenvalue weighted by molar-refractivity contribution is 1.36. The van der Waals surface area contributed by atoms with Gasteiger partial charge in [0, 0.05) is 43.1 Å². The fourth-order valence-corrected chi connectivity index (χ4v) is 6.11. The number of aromatic nitrogens is 2. The molecule has 0 radical (unpaired) electrons. The molecule has 4 aromatic heterocycles. The quantitative estimate of drug-likeness (QED) is 0.241. The van der Waals surface area contributed by atoms with Gasteiger partial charge in [-0.1, -0.05) is 72.8 Å². The normalized spacial score (nSPS) is 13.9. The van der Waals surface area contributed by atoms with E-state index in [1.165, 1.54) is 21.5 Å². The average molecular weight is 406 g/mol. The monoisotopic (exact) mass is 406 g/mol. The van der Waals surface area contributed by atoms with Gasteiger partial charge < -0.3 is 8.80 Å². The van der Waals surface area contributed by atoms with Crippen LogP contribution < -0.4 is 0 Å². The molecule has 0 spiro atoms. The summed E-state index contributed by atoms with van der Waals surface area (Å²) in [6.07, 6.45) is 0. The van der Waals surface area contributed by atoms with Gasteiger partial charge >= 0.3 is 0 Å². The maximum absolute atomic E-state index is 9.53. The molecular weight excluding hydrogens is 388 g/mol. The second kappa shape index (κ2) is 4.95. The van der Waals surface area contributed by atoms with Crippen LogP contribution in [0, 0.1) is 0 Å². The molecule has 0 aliphatic carbocycles. The zero-order valence-electron chi connectivity index (χ0n) is 19.0. The molecule has 9 aromatic rings. The maximum atomic E-state index is 9.53. The molecule has 0 saturated carbocycles. The van der Waals surface area contributed by atoms with E-state index in [0.717, 1.165) is 54.6 Å². The van der Waals surface area contributed by atoms with Crippen LogP contribution in [0.1, 0.15) is 2.74 Å². The number of hydrogen-bond donors (Lipinski definition) is 0. The van der Waals surface area contributed by atoms with Crippen LogP contribution in [-0.2, 0) is 0 Å². The van der Waals surface area contributed by atoms with E-state index in [2.05, 4.69) is 93.7 Å². The van der Waals surface area contributed by atoms with Crippen molar-refractivity contribution in [2.24, 2.45) is 0 Å². The molecule has 0 amide bonds. The Hall–Kier alpha value is -4.30. The van der Waals surface area contributed by atoms with E-state index in [4.69, 9.17) is 0 Å². The predicted octanol–water partition coefficient (Wildman–Crippen LogP) is 7.99. The lowest BCUT2D eigenvalue weighted by atomic mass is 10.0. The van der Waals surface area contributed by atoms with Crippen molar-refractivity contribution in [3.8, 4) is 0 Å². The fraction of sp³-hybridized carbons (Fsp3) is 0. The minimum Gasteiger partial charge on any atom is -0.308 e. The van der Waals surface area contributed by atoms with Gasteiger partial charge in [-0.15, -0.1) is 0 Å². The van der Waals surface area contributed by atoms with E-state index in [-0.39, 0.29) is 0 Å². The number of fused-ring (bicyclic) bond motifs is 12. The molecule has 0 aliphatic heterocycles. The van der Waals surface area contributed by atoms with Gasteiger partial charge in [-0.2, -0.15) is 0 Å². The van der Waals surface area contributed by atoms with E-state index < -0.39 is 0 Å². The van der Waals surface area contributed by atoms with Crippen LogP contribution in [0.3, 0.4) is 0 Å². The summed E-state index contributed by atoms with van der Waals surface area (Å²) in [5.41, 5.74) is 6.09. The van der Waals surface area contributed by atoms with Gasteiger partial charge in [-0.25, -0.2) is 0 Å². The highest BCUT2D eigenvalue weighted by Gasteiger charge is 2.21. The minimum atomic E-state index is 0.500. The number of rotatable bonds is 0. The highest BCUT2D eigenvalue weighted by Crippen LogP contribution is 2.44. The summed E-state index contributed by atoms with van der Waals surface area (Å²) >= 11 is 0. The van der Waals surface area contributed by atoms with Crippen molar-refractivity contribution in [2.75, 3.05) is 0 Å². The van der Waals surface area contributed by atoms with Gasteiger partial charge in [0.05, 0.1) is 35.8 Å². The lowest BCUT2D eigenvalue weighted by Gasteiger charge is -2.01. The highest BCUT2D eigenvalue weighted by atomic mass is 14.9. The molecule has 0 bridgehead atoms. The molecule has 0 fully saturated rings. The maximum Gasteiger partial charge on any atom is 0.0653 e. The smallest absolute Gasteiger partial charge is 0.0653 e. The van der Waals surface area contributed by atoms with Crippen LogP contribution in [0.25, 0.3) is 76.2 Å². The molecule has 0 aliphatic rings. The molecule has 0 atom stereocenters. The second-order valence-electron chi connectivity index (χ2n) is 8.81. The highest BCUT2D eigenvalue weighted by molar-refractivity contribution is 6.28. The molecule has 2 heteroatoms. The van der Waals surface area contributed by atoms with Crippen LogP contribution in [0.15, 0.2) is 97.0 Å². The van der Waals surface area contributed by atoms with Crippen LogP contribution in [-0.4, -0.2) is 8.80 Å². The van der Waals surface area contributed by atoms with Crippen LogP contribution in [0.2, 0.25) is 0 Å². The van der Waals surface area contributed by atoms with Crippen LogP contribution in [0.4, 0.5) is 0 Å². The molecule has 2 nitrogen and oxygen atoms in total. The Morgan fingerprint density at radius 2 is 0.750 bits per heavy atom. The van der Waals surface area contributed by atoms with Crippen LogP contribution in [0.5, 0.6) is 0 Å². The van der Waals surface area contributed by atoms with Gasteiger partial charge in [0.2, 0.25) is 0 Å². The molecular formula is C30H16N2. The summed E-state index contributed by atoms with van der Waals surface area (Å²) in [4.78, 5) is 0. The Morgan fingerprint density at radius 3 is 1.22 bits per heavy atom. The van der Waals surface area contributed by atoms with E-state index >= 15 is 0 Å². The number of nitrogens with zero attached hydrogens (tertiary/aromatic N) is 2. The Morgan fingerprint density at radius 1 is 0.375 bits per heavy atom. The van der Waals surface area contributed by atoms with Gasteiger partial charge in [-0.3, -0.25) is 0 Å². The Bertz CT molecular complexity index is 2140. The van der Waals surface area contributed by atoms with E-state index in [1.54, 1.807) is 0 Å². The second-order valence-corrected chi connectivity index (χ2v) is 8.81. The summed E-state index contributed by atoms with van der Waals surface area (Å²) in [6.45, 7) is 0. The van der Waals surface area contributed by atoms with Gasteiger partial charge in [0.15, 0.2) is 0 Å². The first-order chi connectivity index (χ1) is 16.8. The molecule has 0 N–H and O–H groups in total. The van der Waals surface area contributed by atoms with Crippen molar-refractivity contribution in [3.63, 3.8) is 0 Å². The summed E-state index contributed by atoms with van der Waals surface area (Å²) in [5.74, 6) is 0. The van der Waals surface area contributed by atoms with Crippen molar-refractivity contribution in [3.05, 3.63) is 97.0 Å². The largest absolute Gasteiger partial charge is 0.308 e. The Balaban J connectivity index is 1.70. The van der Waals surface area contributed by atoms with Crippen molar-refractivity contribution in [1.29, 1.82) is 0 Å². The van der Waals surface area contributed by atoms with Gasteiger partial charge in [-0.05, 0) is 24.2 Å². The van der Waals surface area contributed by atoms with E-state index in [1.807, 2.05) is 0 Å². The first-order valence-electron chi connectivity index (χ1n) is 12.0. The predicted molar refractivity (Wildman–Crippen MR) is 136 cm³/mol. The molecule has 9 rings (SSSR count). The number of para-hydroxylation sites is 4. The summed E-state index contributed by atoms with van der Waals surface area (Å²) in [5, 5.41) is 8.58. The van der Waals surface area contributed by atoms with Crippen LogP contribution >= 0.6 is 0 Å². The van der Waals surface area contributed by atoms with E-state index in [9.17, 15) is 2.74 Å². The summed E-state index contributed by atoms with van der Waals surface area (Å²) in [6, 6.07) is 30.5. The molecule has 146 valence electrons. The molecule has 0 unspecified atom stereocenters. The SMILES string of the molecule is [2H]c1c2c3cccc4c5ccccc5n(c2c([2H])c2c5cccc6c7ccccc7n(c12)c65)c43. The Kier molecular flexibility index (Phi) is 2.15. The first kappa shape index (κ1) is 13.9. The van der Waals surface area contributed by atoms with Crippen molar-refractivity contribution < 1.29 is 2.74 Å². The van der Waals surface area contributed by atoms with Crippen molar-refractivity contribution in [1.82, 2.24) is 8.80 Å². The van der Waals surface area contributed by atoms with Crippen molar-refractivity contribution >= 4 is 76.2 Å². The molecule has 0 saturated heterocycles. The lowest BCUT2D eigenvalue weighted by Crippen LogP contribution is -1.82. The first-order valence-corrected chi connectivity index (χ1v) is 11.0. The zero-order valence-corrected chi connectivity index (χ0v) is 17.0. The van der Waals surface area contributed by atoms with Gasteiger partial charge in [0.1, 0.15) is 0 Å². The minimum absolute atomic E-state index is 0.500. The molecule has 32 heavy (non-hydrogen) atoms. The topological polar surface area (TPSA) is 8.82 Å². The Labute approximate surface area is 185 Å². The third-order valence-electron chi connectivity index (χ3n) is 7.34. The third-order valence-corrected chi connectivity index (χ3v) is 7.34. The summed E-state index contributed by atoms with van der Waals surface area (Å²) in [7, 11) is 0. The average Bonchev–Trinajstić information content (AvgIpc) is 3.60. The third kappa shape index (κ3) is 1.52. The van der Waals surface area contributed by atoms with Crippen molar-refractivity contribution in [2.45, 2.75) is 0 Å². The van der Waals surface area contributed by atoms with Gasteiger partial charge in [0.25, 0.3) is 0 Å². The van der Waals surface area contributed by atoms with E-state index in [0.29, 0.717) is 12.1 Å². The molecule has 4 heterocycles. The summed E-state index contributed by atoms with van der Waals surface area (Å²) < 4.78 is 23.5. The number of benzene rings is 5. The molecule has 5 aromatic carbocycles. The standard InChI is InChI=1S/C30H16N2/c1-3-13-25-17(7-1)19-9-5-11-21-23-16-28-24(15-27(23)31(25)29(19)21)22-12-6-10-20-18-8-2-4-14-26(18)32(28)30(20)22/h1-16H/i15D,16D. The fourth-order valence-electron chi connectivity index (χ4n) is 6.11. The number of hydrogen-bond acceptors (Lipinski definition) is 0.